The quantitative estimate of drug-likeness (QED) is 0.830. The Morgan fingerprint density at radius 2 is 2.19 bits per heavy atom. The van der Waals surface area contributed by atoms with Crippen LogP contribution in [0.25, 0.3) is 0 Å². The Bertz CT molecular complexity index is 547. The van der Waals surface area contributed by atoms with Crippen LogP contribution in [0.1, 0.15) is 23.9 Å². The molecule has 2 rings (SSSR count). The molecule has 4 nitrogen and oxygen atoms in total. The second-order valence-corrected chi connectivity index (χ2v) is 4.39. The van der Waals surface area contributed by atoms with Crippen molar-refractivity contribution in [2.24, 2.45) is 7.05 Å². The molecule has 0 aliphatic rings. The maximum absolute atomic E-state index is 5.24. The van der Waals surface area contributed by atoms with Gasteiger partial charge in [-0.05, 0) is 25.6 Å². The van der Waals surface area contributed by atoms with Gasteiger partial charge in [-0.25, -0.2) is 0 Å². The molecule has 16 heavy (non-hydrogen) atoms. The number of H-pyrrole nitrogens is 1. The molecule has 5 heteroatoms. The van der Waals surface area contributed by atoms with Gasteiger partial charge in [-0.1, -0.05) is 6.92 Å². The summed E-state index contributed by atoms with van der Waals surface area (Å²) in [6, 6.07) is 0. The van der Waals surface area contributed by atoms with Gasteiger partial charge < -0.3 is 9.55 Å². The molecule has 0 aliphatic carbocycles. The Morgan fingerprint density at radius 3 is 2.75 bits per heavy atom. The molecule has 0 amide bonds. The van der Waals surface area contributed by atoms with Crippen molar-refractivity contribution in [1.29, 1.82) is 0 Å². The number of aromatic nitrogens is 4. The van der Waals surface area contributed by atoms with Crippen LogP contribution in [0, 0.1) is 11.7 Å². The standard InChI is InChI=1S/C11H16N4S/c1-4-10-9(6-14(3)13-10)7-15-5-8(2)12-11(15)16/h5-6H,4,7H2,1-3H3,(H,12,16). The second kappa shape index (κ2) is 4.25. The second-order valence-electron chi connectivity index (χ2n) is 4.00. The van der Waals surface area contributed by atoms with Crippen LogP contribution < -0.4 is 0 Å². The SMILES string of the molecule is CCc1nn(C)cc1Cn1cc(C)[nH]c1=S. The van der Waals surface area contributed by atoms with Crippen molar-refractivity contribution in [2.75, 3.05) is 0 Å². The summed E-state index contributed by atoms with van der Waals surface area (Å²) < 4.78 is 4.67. The highest BCUT2D eigenvalue weighted by Crippen LogP contribution is 2.10. The average Bonchev–Trinajstić information content (AvgIpc) is 2.71. The number of aromatic amines is 1. The van der Waals surface area contributed by atoms with Gasteiger partial charge in [0.1, 0.15) is 0 Å². The molecule has 0 saturated heterocycles. The van der Waals surface area contributed by atoms with Gasteiger partial charge >= 0.3 is 0 Å². The van der Waals surface area contributed by atoms with Crippen LogP contribution >= 0.6 is 12.2 Å². The molecule has 0 aromatic carbocycles. The Kier molecular flexibility index (Phi) is 2.96. The third-order valence-electron chi connectivity index (χ3n) is 2.58. The topological polar surface area (TPSA) is 38.5 Å². The maximum atomic E-state index is 5.24. The molecule has 2 aromatic heterocycles. The first-order valence-electron chi connectivity index (χ1n) is 5.37. The summed E-state index contributed by atoms with van der Waals surface area (Å²) in [5.41, 5.74) is 3.47. The predicted molar refractivity (Wildman–Crippen MR) is 66.0 cm³/mol. The summed E-state index contributed by atoms with van der Waals surface area (Å²) in [6.45, 7) is 4.92. The molecule has 0 atom stereocenters. The van der Waals surface area contributed by atoms with Crippen molar-refractivity contribution in [3.05, 3.63) is 34.1 Å². The fourth-order valence-electron chi connectivity index (χ4n) is 1.88. The monoisotopic (exact) mass is 236 g/mol. The van der Waals surface area contributed by atoms with E-state index in [-0.39, 0.29) is 0 Å². The Morgan fingerprint density at radius 1 is 1.44 bits per heavy atom. The Balaban J connectivity index is 2.33. The molecular formula is C11H16N4S. The van der Waals surface area contributed by atoms with Crippen molar-refractivity contribution in [2.45, 2.75) is 26.8 Å². The van der Waals surface area contributed by atoms with Gasteiger partial charge in [-0.2, -0.15) is 5.10 Å². The molecule has 2 heterocycles. The molecule has 0 bridgehead atoms. The van der Waals surface area contributed by atoms with E-state index in [1.54, 1.807) is 0 Å². The number of aryl methyl sites for hydroxylation is 3. The zero-order valence-corrected chi connectivity index (χ0v) is 10.6. The van der Waals surface area contributed by atoms with Crippen molar-refractivity contribution in [3.8, 4) is 0 Å². The summed E-state index contributed by atoms with van der Waals surface area (Å²) in [5, 5.41) is 4.42. The minimum Gasteiger partial charge on any atom is -0.335 e. The van der Waals surface area contributed by atoms with Gasteiger partial charge in [-0.3, -0.25) is 4.68 Å². The number of nitrogens with one attached hydrogen (secondary N) is 1. The lowest BCUT2D eigenvalue weighted by atomic mass is 10.2. The van der Waals surface area contributed by atoms with Crippen molar-refractivity contribution in [1.82, 2.24) is 19.3 Å². The molecule has 0 spiro atoms. The minimum atomic E-state index is 0.767. The van der Waals surface area contributed by atoms with Crippen LogP contribution in [-0.2, 0) is 20.0 Å². The van der Waals surface area contributed by atoms with Gasteiger partial charge in [-0.15, -0.1) is 0 Å². The zero-order chi connectivity index (χ0) is 11.7. The summed E-state index contributed by atoms with van der Waals surface area (Å²) in [4.78, 5) is 3.12. The van der Waals surface area contributed by atoms with Crippen LogP contribution in [0.5, 0.6) is 0 Å². The normalized spacial score (nSPS) is 10.9. The lowest BCUT2D eigenvalue weighted by molar-refractivity contribution is 0.746. The molecule has 86 valence electrons. The number of hydrogen-bond donors (Lipinski definition) is 1. The maximum Gasteiger partial charge on any atom is 0.177 e. The van der Waals surface area contributed by atoms with E-state index in [4.69, 9.17) is 12.2 Å². The molecule has 0 saturated carbocycles. The molecule has 2 aromatic rings. The van der Waals surface area contributed by atoms with E-state index in [1.165, 1.54) is 5.56 Å². The predicted octanol–water partition coefficient (Wildman–Crippen LogP) is 2.20. The van der Waals surface area contributed by atoms with Gasteiger partial charge in [0.15, 0.2) is 4.77 Å². The van der Waals surface area contributed by atoms with Crippen LogP contribution in [0.3, 0.4) is 0 Å². The van der Waals surface area contributed by atoms with Crippen LogP contribution in [-0.4, -0.2) is 19.3 Å². The Hall–Kier alpha value is -1.36. The average molecular weight is 236 g/mol. The highest BCUT2D eigenvalue weighted by atomic mass is 32.1. The smallest absolute Gasteiger partial charge is 0.177 e. The zero-order valence-electron chi connectivity index (χ0n) is 9.82. The first-order chi connectivity index (χ1) is 7.60. The summed E-state index contributed by atoms with van der Waals surface area (Å²) >= 11 is 5.24. The number of rotatable bonds is 3. The third-order valence-corrected chi connectivity index (χ3v) is 2.92. The van der Waals surface area contributed by atoms with Gasteiger partial charge in [0.05, 0.1) is 12.2 Å². The van der Waals surface area contributed by atoms with Crippen molar-refractivity contribution in [3.63, 3.8) is 0 Å². The van der Waals surface area contributed by atoms with E-state index in [0.29, 0.717) is 0 Å². The van der Waals surface area contributed by atoms with Crippen LogP contribution in [0.15, 0.2) is 12.4 Å². The van der Waals surface area contributed by atoms with E-state index >= 15 is 0 Å². The van der Waals surface area contributed by atoms with E-state index in [9.17, 15) is 0 Å². The summed E-state index contributed by atoms with van der Waals surface area (Å²) in [7, 11) is 1.95. The largest absolute Gasteiger partial charge is 0.335 e. The fraction of sp³-hybridized carbons (Fsp3) is 0.455. The third kappa shape index (κ3) is 2.09. The van der Waals surface area contributed by atoms with Crippen LogP contribution in [0.4, 0.5) is 0 Å². The van der Waals surface area contributed by atoms with Gasteiger partial charge in [0.2, 0.25) is 0 Å². The summed E-state index contributed by atoms with van der Waals surface area (Å²) in [6.07, 6.45) is 5.05. The highest BCUT2D eigenvalue weighted by Gasteiger charge is 2.07. The molecule has 0 aliphatic heterocycles. The lowest BCUT2D eigenvalue weighted by Crippen LogP contribution is -1.99. The van der Waals surface area contributed by atoms with Crippen molar-refractivity contribution < 1.29 is 0 Å². The molecule has 1 N–H and O–H groups in total. The number of hydrogen-bond acceptors (Lipinski definition) is 2. The molecule has 0 radical (unpaired) electrons. The van der Waals surface area contributed by atoms with Gasteiger partial charge in [0, 0.05) is 30.7 Å². The first-order valence-corrected chi connectivity index (χ1v) is 5.78. The van der Waals surface area contributed by atoms with Crippen LogP contribution in [0.2, 0.25) is 0 Å². The lowest BCUT2D eigenvalue weighted by Gasteiger charge is -2.01. The van der Waals surface area contributed by atoms with E-state index in [2.05, 4.69) is 23.2 Å². The first kappa shape index (κ1) is 11.1. The van der Waals surface area contributed by atoms with E-state index < -0.39 is 0 Å². The summed E-state index contributed by atoms with van der Waals surface area (Å²) in [5.74, 6) is 0. The molecule has 0 unspecified atom stereocenters. The highest BCUT2D eigenvalue weighted by molar-refractivity contribution is 7.71. The minimum absolute atomic E-state index is 0.767. The van der Waals surface area contributed by atoms with Crippen molar-refractivity contribution >= 4 is 12.2 Å². The van der Waals surface area contributed by atoms with E-state index in [0.717, 1.165) is 29.1 Å². The van der Waals surface area contributed by atoms with Gasteiger partial charge in [0.25, 0.3) is 0 Å². The molecular weight excluding hydrogens is 220 g/mol. The van der Waals surface area contributed by atoms with E-state index in [1.807, 2.05) is 29.4 Å². The number of nitrogens with zero attached hydrogens (tertiary/aromatic N) is 3. The Labute approximate surface area is 99.9 Å². The number of imidazole rings is 1. The fourth-order valence-corrected chi connectivity index (χ4v) is 2.16. The molecule has 0 fully saturated rings.